The quantitative estimate of drug-likeness (QED) is 0.576. The summed E-state index contributed by atoms with van der Waals surface area (Å²) < 4.78 is 5.43. The van der Waals surface area contributed by atoms with Crippen molar-refractivity contribution in [2.45, 2.75) is 46.0 Å². The molecule has 1 saturated heterocycles. The van der Waals surface area contributed by atoms with Gasteiger partial charge in [0.15, 0.2) is 0 Å². The van der Waals surface area contributed by atoms with Gasteiger partial charge in [-0.05, 0) is 45.1 Å². The van der Waals surface area contributed by atoms with Crippen LogP contribution in [0.25, 0.3) is 6.08 Å². The van der Waals surface area contributed by atoms with E-state index in [1.165, 1.54) is 0 Å². The molecule has 30 heavy (non-hydrogen) atoms. The van der Waals surface area contributed by atoms with Crippen LogP contribution in [0, 0.1) is 12.3 Å². The fourth-order valence-electron chi connectivity index (χ4n) is 3.97. The SMILES string of the molecule is CCOC(=O)[C@]1(C/C=C/c2ccccc2)CCCN(C(=O)CCc2scnc2C)C1. The molecule has 2 heterocycles. The lowest BCUT2D eigenvalue weighted by Crippen LogP contribution is -2.50. The fourth-order valence-corrected chi connectivity index (χ4v) is 4.76. The Morgan fingerprint density at radius 2 is 2.10 bits per heavy atom. The summed E-state index contributed by atoms with van der Waals surface area (Å²) in [5.41, 5.74) is 3.25. The number of likely N-dealkylation sites (tertiary alicyclic amines) is 1. The van der Waals surface area contributed by atoms with Crippen LogP contribution < -0.4 is 0 Å². The van der Waals surface area contributed by atoms with Gasteiger partial charge in [-0.15, -0.1) is 11.3 Å². The number of aromatic nitrogens is 1. The maximum absolute atomic E-state index is 12.9. The zero-order chi connectivity index (χ0) is 21.4. The minimum absolute atomic E-state index is 0.100. The number of benzene rings is 1. The third kappa shape index (κ3) is 5.57. The predicted molar refractivity (Wildman–Crippen MR) is 120 cm³/mol. The van der Waals surface area contributed by atoms with Gasteiger partial charge in [-0.1, -0.05) is 42.5 Å². The van der Waals surface area contributed by atoms with Gasteiger partial charge in [0.1, 0.15) is 0 Å². The molecule has 5 nitrogen and oxygen atoms in total. The van der Waals surface area contributed by atoms with E-state index < -0.39 is 5.41 Å². The summed E-state index contributed by atoms with van der Waals surface area (Å²) in [7, 11) is 0. The molecule has 1 aromatic carbocycles. The molecule has 0 saturated carbocycles. The van der Waals surface area contributed by atoms with Crippen molar-refractivity contribution in [3.63, 3.8) is 0 Å². The molecule has 6 heteroatoms. The Bertz CT molecular complexity index is 878. The van der Waals surface area contributed by atoms with Crippen molar-refractivity contribution in [1.82, 2.24) is 9.88 Å². The summed E-state index contributed by atoms with van der Waals surface area (Å²) in [5, 5.41) is 0. The molecular formula is C24H30N2O3S. The lowest BCUT2D eigenvalue weighted by atomic mass is 9.76. The standard InChI is InChI=1S/C24H30N2O3S/c1-3-29-23(28)24(14-7-11-20-9-5-4-6-10-20)15-8-16-26(17-24)22(27)13-12-21-19(2)25-18-30-21/h4-7,9-11,18H,3,8,12-17H2,1-2H3/b11-7+/t24-/m1/s1. The average Bonchev–Trinajstić information content (AvgIpc) is 3.18. The number of allylic oxidation sites excluding steroid dienone is 1. The van der Waals surface area contributed by atoms with Crippen molar-refractivity contribution in [2.75, 3.05) is 19.7 Å². The molecule has 2 aromatic rings. The third-order valence-corrected chi connectivity index (χ3v) is 6.66. The average molecular weight is 427 g/mol. The maximum atomic E-state index is 12.9. The van der Waals surface area contributed by atoms with Crippen molar-refractivity contribution in [3.8, 4) is 0 Å². The first-order valence-electron chi connectivity index (χ1n) is 10.6. The number of piperidine rings is 1. The molecule has 0 aliphatic carbocycles. The summed E-state index contributed by atoms with van der Waals surface area (Å²) in [6, 6.07) is 10.0. The van der Waals surface area contributed by atoms with Crippen LogP contribution in [0.4, 0.5) is 0 Å². The molecule has 1 aliphatic heterocycles. The zero-order valence-corrected chi connectivity index (χ0v) is 18.6. The monoisotopic (exact) mass is 426 g/mol. The van der Waals surface area contributed by atoms with Crippen molar-refractivity contribution in [1.29, 1.82) is 0 Å². The summed E-state index contributed by atoms with van der Waals surface area (Å²) in [6.07, 6.45) is 7.34. The van der Waals surface area contributed by atoms with Crippen molar-refractivity contribution >= 4 is 29.3 Å². The second kappa shape index (κ2) is 10.5. The normalized spacial score (nSPS) is 19.2. The molecule has 0 spiro atoms. The van der Waals surface area contributed by atoms with Crippen molar-refractivity contribution < 1.29 is 14.3 Å². The molecule has 0 N–H and O–H groups in total. The van der Waals surface area contributed by atoms with E-state index in [1.807, 2.05) is 66.7 Å². The molecular weight excluding hydrogens is 396 g/mol. The van der Waals surface area contributed by atoms with Crippen LogP contribution in [0.2, 0.25) is 0 Å². The van der Waals surface area contributed by atoms with E-state index in [0.29, 0.717) is 39.0 Å². The number of esters is 1. The Balaban J connectivity index is 1.68. The van der Waals surface area contributed by atoms with Crippen LogP contribution in [-0.2, 0) is 20.7 Å². The van der Waals surface area contributed by atoms with Gasteiger partial charge in [-0.2, -0.15) is 0 Å². The van der Waals surface area contributed by atoms with E-state index in [2.05, 4.69) is 4.98 Å². The highest BCUT2D eigenvalue weighted by atomic mass is 32.1. The molecule has 0 bridgehead atoms. The fraction of sp³-hybridized carbons (Fsp3) is 0.458. The minimum atomic E-state index is -0.671. The van der Waals surface area contributed by atoms with Crippen molar-refractivity contribution in [2.24, 2.45) is 5.41 Å². The number of rotatable bonds is 8. The second-order valence-corrected chi connectivity index (χ2v) is 8.74. The molecule has 1 fully saturated rings. The lowest BCUT2D eigenvalue weighted by molar-refractivity contribution is -0.160. The number of aryl methyl sites for hydroxylation is 2. The number of thiazole rings is 1. The number of carbonyl (C=O) groups excluding carboxylic acids is 2. The molecule has 1 amide bonds. The predicted octanol–water partition coefficient (Wildman–Crippen LogP) is 4.66. The summed E-state index contributed by atoms with van der Waals surface area (Å²) >= 11 is 1.59. The first-order valence-corrected chi connectivity index (χ1v) is 11.5. The van der Waals surface area contributed by atoms with Crippen LogP contribution in [0.3, 0.4) is 0 Å². The molecule has 0 unspecified atom stereocenters. The molecule has 1 aromatic heterocycles. The van der Waals surface area contributed by atoms with Gasteiger partial charge in [-0.3, -0.25) is 9.59 Å². The van der Waals surface area contributed by atoms with Gasteiger partial charge < -0.3 is 9.64 Å². The summed E-state index contributed by atoms with van der Waals surface area (Å²) in [5.74, 6) is -0.0956. The Hall–Kier alpha value is -2.47. The highest BCUT2D eigenvalue weighted by molar-refractivity contribution is 7.09. The highest BCUT2D eigenvalue weighted by Gasteiger charge is 2.43. The Kier molecular flexibility index (Phi) is 7.80. The Morgan fingerprint density at radius 3 is 2.80 bits per heavy atom. The second-order valence-electron chi connectivity index (χ2n) is 7.80. The van der Waals surface area contributed by atoms with Gasteiger partial charge in [0.2, 0.25) is 5.91 Å². The zero-order valence-electron chi connectivity index (χ0n) is 17.8. The molecule has 1 atom stereocenters. The van der Waals surface area contributed by atoms with Gasteiger partial charge >= 0.3 is 5.97 Å². The number of carbonyl (C=O) groups is 2. The Morgan fingerprint density at radius 1 is 1.30 bits per heavy atom. The first kappa shape index (κ1) is 22.2. The topological polar surface area (TPSA) is 59.5 Å². The van der Waals surface area contributed by atoms with Crippen LogP contribution in [-0.4, -0.2) is 41.5 Å². The van der Waals surface area contributed by atoms with Crippen LogP contribution in [0.1, 0.15) is 48.7 Å². The summed E-state index contributed by atoms with van der Waals surface area (Å²) in [4.78, 5) is 33.1. The third-order valence-electron chi connectivity index (χ3n) is 5.67. The first-order chi connectivity index (χ1) is 14.5. The van der Waals surface area contributed by atoms with Crippen LogP contribution >= 0.6 is 11.3 Å². The number of hydrogen-bond donors (Lipinski definition) is 0. The lowest BCUT2D eigenvalue weighted by Gasteiger charge is -2.40. The number of hydrogen-bond acceptors (Lipinski definition) is 5. The van der Waals surface area contributed by atoms with Crippen molar-refractivity contribution in [3.05, 3.63) is 58.1 Å². The van der Waals surface area contributed by atoms with E-state index in [4.69, 9.17) is 4.74 Å². The van der Waals surface area contributed by atoms with Gasteiger partial charge in [-0.25, -0.2) is 4.98 Å². The van der Waals surface area contributed by atoms with Crippen LogP contribution in [0.5, 0.6) is 0 Å². The maximum Gasteiger partial charge on any atom is 0.314 e. The van der Waals surface area contributed by atoms with E-state index in [0.717, 1.165) is 29.0 Å². The Labute approximate surface area is 182 Å². The van der Waals surface area contributed by atoms with E-state index >= 15 is 0 Å². The smallest absolute Gasteiger partial charge is 0.314 e. The van der Waals surface area contributed by atoms with Gasteiger partial charge in [0.25, 0.3) is 0 Å². The largest absolute Gasteiger partial charge is 0.466 e. The summed E-state index contributed by atoms with van der Waals surface area (Å²) in [6.45, 7) is 5.27. The van der Waals surface area contributed by atoms with E-state index in [-0.39, 0.29) is 11.9 Å². The number of ether oxygens (including phenoxy) is 1. The van der Waals surface area contributed by atoms with Gasteiger partial charge in [0.05, 0.1) is 23.2 Å². The molecule has 1 aliphatic rings. The molecule has 160 valence electrons. The van der Waals surface area contributed by atoms with Crippen LogP contribution in [0.15, 0.2) is 41.9 Å². The molecule has 3 rings (SSSR count). The number of amides is 1. The van der Waals surface area contributed by atoms with E-state index in [1.54, 1.807) is 11.3 Å². The molecule has 0 radical (unpaired) electrons. The van der Waals surface area contributed by atoms with Gasteiger partial charge in [0, 0.05) is 24.4 Å². The van der Waals surface area contributed by atoms with E-state index in [9.17, 15) is 9.59 Å². The highest BCUT2D eigenvalue weighted by Crippen LogP contribution is 2.36. The number of nitrogens with zero attached hydrogens (tertiary/aromatic N) is 2. The minimum Gasteiger partial charge on any atom is -0.466 e.